The number of benzene rings is 2. The van der Waals surface area contributed by atoms with Crippen LogP contribution in [0.15, 0.2) is 42.5 Å². The van der Waals surface area contributed by atoms with Crippen LogP contribution in [0, 0.1) is 17.3 Å². The Balaban J connectivity index is 1.25. The summed E-state index contributed by atoms with van der Waals surface area (Å²) in [6.45, 7) is 6.05. The molecule has 6 rings (SSSR count). The van der Waals surface area contributed by atoms with Crippen LogP contribution < -0.4 is 0 Å². The fraction of sp³-hybridized carbons (Fsp3) is 0.594. The number of ketones is 1. The smallest absolute Gasteiger partial charge is 0.139 e. The summed E-state index contributed by atoms with van der Waals surface area (Å²) in [7, 11) is 0. The number of phenols is 1. The van der Waals surface area contributed by atoms with Crippen LogP contribution in [0.2, 0.25) is 0 Å². The summed E-state index contributed by atoms with van der Waals surface area (Å²) in [4.78, 5) is 15.8. The van der Waals surface area contributed by atoms with Crippen molar-refractivity contribution in [3.05, 3.63) is 64.7 Å². The first-order valence-corrected chi connectivity index (χ1v) is 14.2. The van der Waals surface area contributed by atoms with E-state index < -0.39 is 0 Å². The number of aryl methyl sites for hydroxylation is 2. The van der Waals surface area contributed by atoms with Crippen LogP contribution in [-0.2, 0) is 17.6 Å². The highest BCUT2D eigenvalue weighted by Crippen LogP contribution is 2.64. The number of Topliss-reactive ketones (excluding diaryl/α,β-unsaturated/α-hetero) is 1. The van der Waals surface area contributed by atoms with Gasteiger partial charge in [0.1, 0.15) is 11.5 Å². The average Bonchev–Trinajstić information content (AvgIpc) is 3.18. The largest absolute Gasteiger partial charge is 0.508 e. The molecule has 2 aromatic carbocycles. The van der Waals surface area contributed by atoms with Crippen molar-refractivity contribution < 1.29 is 9.90 Å². The molecule has 0 aromatic heterocycles. The zero-order valence-corrected chi connectivity index (χ0v) is 21.3. The molecule has 1 heterocycles. The van der Waals surface area contributed by atoms with E-state index in [-0.39, 0.29) is 5.41 Å². The van der Waals surface area contributed by atoms with Crippen LogP contribution in [0.4, 0.5) is 0 Å². The minimum absolute atomic E-state index is 0.173. The van der Waals surface area contributed by atoms with E-state index in [9.17, 15) is 9.90 Å². The summed E-state index contributed by atoms with van der Waals surface area (Å²) >= 11 is 0. The highest BCUT2D eigenvalue weighted by Gasteiger charge is 2.57. The molecule has 0 amide bonds. The third kappa shape index (κ3) is 4.24. The number of rotatable bonds is 5. The van der Waals surface area contributed by atoms with Gasteiger partial charge >= 0.3 is 0 Å². The molecule has 2 saturated carbocycles. The molecular weight excluding hydrogens is 430 g/mol. The zero-order chi connectivity index (χ0) is 24.0. The molecule has 1 saturated heterocycles. The molecule has 35 heavy (non-hydrogen) atoms. The van der Waals surface area contributed by atoms with Crippen molar-refractivity contribution in [3.8, 4) is 5.75 Å². The second-order valence-electron chi connectivity index (χ2n) is 12.2. The Labute approximate surface area is 210 Å². The Bertz CT molecular complexity index is 1070. The van der Waals surface area contributed by atoms with Crippen LogP contribution in [0.3, 0.4) is 0 Å². The fourth-order valence-electron chi connectivity index (χ4n) is 8.41. The first kappa shape index (κ1) is 23.3. The maximum absolute atomic E-state index is 13.1. The summed E-state index contributed by atoms with van der Waals surface area (Å²) in [5, 5.41) is 10.1. The van der Waals surface area contributed by atoms with Gasteiger partial charge in [-0.1, -0.05) is 43.7 Å². The summed E-state index contributed by atoms with van der Waals surface area (Å²) in [6, 6.07) is 15.5. The second-order valence-corrected chi connectivity index (χ2v) is 12.2. The molecule has 3 nitrogen and oxygen atoms in total. The average molecular weight is 472 g/mol. The quantitative estimate of drug-likeness (QED) is 0.532. The maximum Gasteiger partial charge on any atom is 0.139 e. The molecular formula is C32H41NO2. The van der Waals surface area contributed by atoms with E-state index in [0.29, 0.717) is 35.2 Å². The number of aromatic hydroxyl groups is 1. The Morgan fingerprint density at radius 2 is 1.80 bits per heavy atom. The molecule has 3 aliphatic carbocycles. The number of nitrogens with zero attached hydrogens (tertiary/aromatic N) is 1. The van der Waals surface area contributed by atoms with Gasteiger partial charge in [-0.05, 0) is 129 Å². The summed E-state index contributed by atoms with van der Waals surface area (Å²) < 4.78 is 0. The fourth-order valence-corrected chi connectivity index (χ4v) is 8.41. The lowest BCUT2D eigenvalue weighted by molar-refractivity contribution is -0.130. The van der Waals surface area contributed by atoms with Gasteiger partial charge < -0.3 is 10.0 Å². The molecule has 3 heteroatoms. The van der Waals surface area contributed by atoms with Crippen molar-refractivity contribution in [1.29, 1.82) is 0 Å². The van der Waals surface area contributed by atoms with Gasteiger partial charge in [0.15, 0.2) is 0 Å². The lowest BCUT2D eigenvalue weighted by Crippen LogP contribution is -2.46. The van der Waals surface area contributed by atoms with Crippen molar-refractivity contribution >= 4 is 5.78 Å². The minimum Gasteiger partial charge on any atom is -0.508 e. The Kier molecular flexibility index (Phi) is 6.25. The first-order valence-electron chi connectivity index (χ1n) is 14.2. The van der Waals surface area contributed by atoms with E-state index in [4.69, 9.17) is 0 Å². The van der Waals surface area contributed by atoms with Gasteiger partial charge in [-0.25, -0.2) is 0 Å². The SMILES string of the molecule is C[C@]12C[C@H](c3ccc(CCCN4CCCCC4)cc3)[C@@H]3c4ccc(O)cc4CC[C@H]3[C@@H]1CCC2=O. The maximum atomic E-state index is 13.1. The van der Waals surface area contributed by atoms with Crippen LogP contribution >= 0.6 is 0 Å². The molecule has 0 bridgehead atoms. The molecule has 0 unspecified atom stereocenters. The van der Waals surface area contributed by atoms with Gasteiger partial charge in [0.2, 0.25) is 0 Å². The molecule has 4 aliphatic rings. The predicted molar refractivity (Wildman–Crippen MR) is 141 cm³/mol. The van der Waals surface area contributed by atoms with Gasteiger partial charge in [-0.2, -0.15) is 0 Å². The number of piperidine rings is 1. The minimum atomic E-state index is -0.173. The highest BCUT2D eigenvalue weighted by molar-refractivity contribution is 5.87. The molecule has 1 aliphatic heterocycles. The first-order chi connectivity index (χ1) is 17.0. The normalized spacial score (nSPS) is 32.7. The number of hydrogen-bond acceptors (Lipinski definition) is 3. The number of hydrogen-bond donors (Lipinski definition) is 1. The Morgan fingerprint density at radius 3 is 2.60 bits per heavy atom. The number of carbonyl (C=O) groups excluding carboxylic acids is 1. The van der Waals surface area contributed by atoms with E-state index in [1.165, 1.54) is 67.6 Å². The summed E-state index contributed by atoms with van der Waals surface area (Å²) in [5.41, 5.74) is 5.41. The van der Waals surface area contributed by atoms with Crippen molar-refractivity contribution in [3.63, 3.8) is 0 Å². The molecule has 5 atom stereocenters. The Hall–Kier alpha value is -2.13. The molecule has 186 valence electrons. The van der Waals surface area contributed by atoms with Gasteiger partial charge in [-0.3, -0.25) is 4.79 Å². The molecule has 3 fully saturated rings. The Morgan fingerprint density at radius 1 is 1.00 bits per heavy atom. The molecule has 0 spiro atoms. The number of fused-ring (bicyclic) bond motifs is 5. The third-order valence-electron chi connectivity index (χ3n) is 10.2. The standard InChI is InChI=1S/C32H41NO2/c1-32-21-28(23-9-7-22(8-10-23)6-5-19-33-17-3-2-4-18-33)31-26-14-12-25(34)20-24(26)11-13-27(31)29(32)15-16-30(32)35/h7-10,12,14,20,27-29,31,34H,2-6,11,13,15-19,21H2,1H3/t27-,28+,29-,31+,32-/m0/s1. The van der Waals surface area contributed by atoms with E-state index in [1.807, 2.05) is 12.1 Å². The molecule has 0 radical (unpaired) electrons. The van der Waals surface area contributed by atoms with Crippen molar-refractivity contribution in [2.75, 3.05) is 19.6 Å². The van der Waals surface area contributed by atoms with Crippen LogP contribution in [0.25, 0.3) is 0 Å². The number of likely N-dealkylation sites (tertiary alicyclic amines) is 1. The lowest BCUT2D eigenvalue weighted by Gasteiger charge is -2.52. The topological polar surface area (TPSA) is 40.5 Å². The van der Waals surface area contributed by atoms with E-state index >= 15 is 0 Å². The third-order valence-corrected chi connectivity index (χ3v) is 10.2. The van der Waals surface area contributed by atoms with Gasteiger partial charge in [0.25, 0.3) is 0 Å². The molecule has 1 N–H and O–H groups in total. The van der Waals surface area contributed by atoms with E-state index in [0.717, 1.165) is 38.5 Å². The van der Waals surface area contributed by atoms with Crippen LogP contribution in [-0.4, -0.2) is 35.4 Å². The monoisotopic (exact) mass is 471 g/mol. The highest BCUT2D eigenvalue weighted by atomic mass is 16.3. The number of phenolic OH excluding ortho intramolecular Hbond substituents is 1. The van der Waals surface area contributed by atoms with Crippen molar-refractivity contribution in [1.82, 2.24) is 4.90 Å². The summed E-state index contributed by atoms with van der Waals surface area (Å²) in [5.74, 6) is 2.77. The van der Waals surface area contributed by atoms with Crippen molar-refractivity contribution in [2.45, 2.75) is 83.0 Å². The summed E-state index contributed by atoms with van der Waals surface area (Å²) in [6.07, 6.45) is 11.5. The van der Waals surface area contributed by atoms with Crippen LogP contribution in [0.1, 0.15) is 92.4 Å². The van der Waals surface area contributed by atoms with Gasteiger partial charge in [0, 0.05) is 11.8 Å². The predicted octanol–water partition coefficient (Wildman–Crippen LogP) is 6.63. The van der Waals surface area contributed by atoms with Gasteiger partial charge in [0.05, 0.1) is 0 Å². The second kappa shape index (κ2) is 9.39. The number of carbonyl (C=O) groups is 1. The van der Waals surface area contributed by atoms with E-state index in [1.54, 1.807) is 0 Å². The van der Waals surface area contributed by atoms with Gasteiger partial charge in [-0.15, -0.1) is 0 Å². The van der Waals surface area contributed by atoms with Crippen LogP contribution in [0.5, 0.6) is 5.75 Å². The lowest BCUT2D eigenvalue weighted by atomic mass is 9.51. The zero-order valence-electron chi connectivity index (χ0n) is 21.3. The van der Waals surface area contributed by atoms with Crippen molar-refractivity contribution in [2.24, 2.45) is 17.3 Å². The molecule has 2 aromatic rings. The van der Waals surface area contributed by atoms with E-state index in [2.05, 4.69) is 42.2 Å².